The average Bonchev–Trinajstić information content (AvgIpc) is 3.23. The summed E-state index contributed by atoms with van der Waals surface area (Å²) in [7, 11) is -3.75. The summed E-state index contributed by atoms with van der Waals surface area (Å²) in [4.78, 5) is 31.2. The van der Waals surface area contributed by atoms with Gasteiger partial charge in [-0.05, 0) is 24.3 Å². The number of fused-ring (bicyclic) bond motifs is 1. The predicted molar refractivity (Wildman–Crippen MR) is 92.4 cm³/mol. The first kappa shape index (κ1) is 16.5. The lowest BCUT2D eigenvalue weighted by Crippen LogP contribution is -2.37. The van der Waals surface area contributed by atoms with Crippen molar-refractivity contribution in [2.24, 2.45) is 5.16 Å². The molecule has 2 amide bonds. The van der Waals surface area contributed by atoms with Gasteiger partial charge >= 0.3 is 0 Å². The molecule has 0 aromatic heterocycles. The van der Waals surface area contributed by atoms with Crippen molar-refractivity contribution in [1.29, 1.82) is 0 Å². The molecular formula is C18H14N2O5S. The van der Waals surface area contributed by atoms with Crippen molar-refractivity contribution < 1.29 is 22.8 Å². The molecule has 2 heterocycles. The van der Waals surface area contributed by atoms with E-state index in [4.69, 9.17) is 4.84 Å². The van der Waals surface area contributed by atoms with Crippen molar-refractivity contribution in [3.05, 3.63) is 65.7 Å². The van der Waals surface area contributed by atoms with Crippen LogP contribution in [-0.4, -0.2) is 42.8 Å². The number of rotatable bonds is 3. The fourth-order valence-electron chi connectivity index (χ4n) is 3.00. The number of nitrogens with zero attached hydrogens (tertiary/aromatic N) is 2. The first-order valence-corrected chi connectivity index (χ1v) is 9.45. The summed E-state index contributed by atoms with van der Waals surface area (Å²) in [6.07, 6.45) is -0.685. The fraction of sp³-hybridized carbons (Fsp3) is 0.167. The van der Waals surface area contributed by atoms with Crippen LogP contribution in [0.25, 0.3) is 0 Å². The van der Waals surface area contributed by atoms with E-state index in [0.29, 0.717) is 11.1 Å². The van der Waals surface area contributed by atoms with E-state index in [0.717, 1.165) is 4.90 Å². The summed E-state index contributed by atoms with van der Waals surface area (Å²) in [5.74, 6) is -0.817. The molecule has 8 heteroatoms. The van der Waals surface area contributed by atoms with Gasteiger partial charge in [0.05, 0.1) is 22.6 Å². The topological polar surface area (TPSA) is 93.1 Å². The maximum atomic E-state index is 12.6. The number of imide groups is 1. The molecule has 0 fully saturated rings. The number of carbonyl (C=O) groups excluding carboxylic acids is 2. The molecule has 0 aliphatic carbocycles. The molecule has 7 nitrogen and oxygen atoms in total. The Balaban J connectivity index is 1.49. The minimum atomic E-state index is -3.75. The van der Waals surface area contributed by atoms with E-state index in [-0.39, 0.29) is 22.9 Å². The molecule has 26 heavy (non-hydrogen) atoms. The molecule has 2 aliphatic rings. The monoisotopic (exact) mass is 370 g/mol. The van der Waals surface area contributed by atoms with Gasteiger partial charge in [0.2, 0.25) is 9.84 Å². The third kappa shape index (κ3) is 2.59. The lowest BCUT2D eigenvalue weighted by Gasteiger charge is -2.17. The molecule has 0 bridgehead atoms. The summed E-state index contributed by atoms with van der Waals surface area (Å²) in [6.45, 7) is -0.0519. The van der Waals surface area contributed by atoms with Gasteiger partial charge in [0.15, 0.2) is 11.1 Å². The highest BCUT2D eigenvalue weighted by Gasteiger charge is 2.39. The van der Waals surface area contributed by atoms with E-state index >= 15 is 0 Å². The van der Waals surface area contributed by atoms with Crippen molar-refractivity contribution >= 4 is 26.7 Å². The minimum absolute atomic E-state index is 0.00460. The van der Waals surface area contributed by atoms with E-state index in [1.54, 1.807) is 42.5 Å². The van der Waals surface area contributed by atoms with Gasteiger partial charge in [-0.15, -0.1) is 0 Å². The Morgan fingerprint density at radius 2 is 1.54 bits per heavy atom. The average molecular weight is 370 g/mol. The molecule has 0 unspecified atom stereocenters. The van der Waals surface area contributed by atoms with Gasteiger partial charge in [-0.1, -0.05) is 35.5 Å². The van der Waals surface area contributed by atoms with Crippen LogP contribution in [0.1, 0.15) is 27.1 Å². The van der Waals surface area contributed by atoms with Gasteiger partial charge in [-0.25, -0.2) is 8.42 Å². The molecule has 2 aromatic carbocycles. The highest BCUT2D eigenvalue weighted by atomic mass is 32.2. The predicted octanol–water partition coefficient (Wildman–Crippen LogP) is 1.86. The van der Waals surface area contributed by atoms with Crippen LogP contribution in [0.5, 0.6) is 0 Å². The Morgan fingerprint density at radius 3 is 2.15 bits per heavy atom. The molecule has 0 saturated carbocycles. The molecule has 0 saturated heterocycles. The lowest BCUT2D eigenvalue weighted by molar-refractivity contribution is 0.0399. The summed E-state index contributed by atoms with van der Waals surface area (Å²) in [5.41, 5.74) is 0.682. The summed E-state index contributed by atoms with van der Waals surface area (Å²) in [6, 6.07) is 14.5. The van der Waals surface area contributed by atoms with Crippen LogP contribution < -0.4 is 0 Å². The summed E-state index contributed by atoms with van der Waals surface area (Å²) >= 11 is 0. The van der Waals surface area contributed by atoms with Crippen LogP contribution in [0, 0.1) is 0 Å². The Bertz CT molecular complexity index is 996. The van der Waals surface area contributed by atoms with Gasteiger partial charge < -0.3 is 4.84 Å². The third-order valence-electron chi connectivity index (χ3n) is 4.33. The Hall–Kier alpha value is -3.00. The van der Waals surface area contributed by atoms with Crippen LogP contribution in [0.3, 0.4) is 0 Å². The van der Waals surface area contributed by atoms with Crippen LogP contribution in [-0.2, 0) is 14.7 Å². The van der Waals surface area contributed by atoms with Crippen LogP contribution in [0.4, 0.5) is 0 Å². The van der Waals surface area contributed by atoms with Gasteiger partial charge in [0, 0.05) is 6.42 Å². The van der Waals surface area contributed by atoms with Gasteiger partial charge in [-0.2, -0.15) is 0 Å². The largest absolute Gasteiger partial charge is 0.389 e. The number of benzene rings is 2. The van der Waals surface area contributed by atoms with Crippen molar-refractivity contribution in [3.8, 4) is 0 Å². The SMILES string of the molecule is O=C1c2ccccc2C(=O)N1C[C@@H]1CC(S(=O)(=O)c2ccccc2)=NO1. The quantitative estimate of drug-likeness (QED) is 0.769. The van der Waals surface area contributed by atoms with Crippen LogP contribution >= 0.6 is 0 Å². The maximum Gasteiger partial charge on any atom is 0.261 e. The van der Waals surface area contributed by atoms with Crippen molar-refractivity contribution in [2.45, 2.75) is 17.4 Å². The Labute approximate surface area is 149 Å². The number of sulfone groups is 1. The third-order valence-corrected chi connectivity index (χ3v) is 6.09. The van der Waals surface area contributed by atoms with Gasteiger partial charge in [-0.3, -0.25) is 14.5 Å². The highest BCUT2D eigenvalue weighted by Crippen LogP contribution is 2.26. The number of oxime groups is 1. The van der Waals surface area contributed by atoms with Crippen LogP contribution in [0.15, 0.2) is 64.6 Å². The molecule has 4 rings (SSSR count). The number of hydrogen-bond acceptors (Lipinski definition) is 6. The van der Waals surface area contributed by atoms with E-state index in [1.807, 2.05) is 0 Å². The van der Waals surface area contributed by atoms with E-state index in [1.165, 1.54) is 12.1 Å². The molecule has 0 N–H and O–H groups in total. The minimum Gasteiger partial charge on any atom is -0.389 e. The van der Waals surface area contributed by atoms with Gasteiger partial charge in [0.1, 0.15) is 0 Å². The first-order chi connectivity index (χ1) is 12.5. The Kier molecular flexibility index (Phi) is 3.84. The Morgan fingerprint density at radius 1 is 0.962 bits per heavy atom. The standard InChI is InChI=1S/C18H14N2O5S/c21-17-14-8-4-5-9-15(14)18(22)20(17)11-12-10-16(19-25-12)26(23,24)13-6-2-1-3-7-13/h1-9,12H,10-11H2/t12-/m0/s1. The number of amides is 2. The highest BCUT2D eigenvalue weighted by molar-refractivity contribution is 8.06. The van der Waals surface area contributed by atoms with Crippen molar-refractivity contribution in [1.82, 2.24) is 4.90 Å². The molecule has 132 valence electrons. The second-order valence-electron chi connectivity index (χ2n) is 6.00. The zero-order valence-corrected chi connectivity index (χ0v) is 14.3. The van der Waals surface area contributed by atoms with Gasteiger partial charge in [0.25, 0.3) is 11.8 Å². The normalized spacial score (nSPS) is 19.3. The number of hydrogen-bond donors (Lipinski definition) is 0. The zero-order valence-electron chi connectivity index (χ0n) is 13.5. The fourth-order valence-corrected chi connectivity index (χ4v) is 4.34. The summed E-state index contributed by atoms with van der Waals surface area (Å²) in [5, 5.41) is 3.58. The molecule has 0 spiro atoms. The lowest BCUT2D eigenvalue weighted by atomic mass is 10.1. The van der Waals surface area contributed by atoms with Crippen molar-refractivity contribution in [2.75, 3.05) is 6.54 Å². The maximum absolute atomic E-state index is 12.6. The second kappa shape index (κ2) is 6.06. The van der Waals surface area contributed by atoms with E-state index in [9.17, 15) is 18.0 Å². The second-order valence-corrected chi connectivity index (χ2v) is 7.95. The molecular weight excluding hydrogens is 356 g/mol. The van der Waals surface area contributed by atoms with Crippen molar-refractivity contribution in [3.63, 3.8) is 0 Å². The van der Waals surface area contributed by atoms with E-state index in [2.05, 4.69) is 5.16 Å². The molecule has 1 atom stereocenters. The van der Waals surface area contributed by atoms with Crippen LogP contribution in [0.2, 0.25) is 0 Å². The summed E-state index contributed by atoms with van der Waals surface area (Å²) < 4.78 is 25.1. The molecule has 0 radical (unpaired) electrons. The smallest absolute Gasteiger partial charge is 0.261 e. The first-order valence-electron chi connectivity index (χ1n) is 7.96. The molecule has 2 aromatic rings. The molecule has 2 aliphatic heterocycles. The van der Waals surface area contributed by atoms with E-state index < -0.39 is 27.8 Å². The number of carbonyl (C=O) groups is 2. The zero-order chi connectivity index (χ0) is 18.3.